The van der Waals surface area contributed by atoms with Gasteiger partial charge in [-0.25, -0.2) is 4.39 Å². The normalized spacial score (nSPS) is 11.2. The zero-order chi connectivity index (χ0) is 15.1. The number of amides is 1. The smallest absolute Gasteiger partial charge is 0.254 e. The largest absolute Gasteiger partial charge is 0.494 e. The molecule has 110 valence electrons. The number of rotatable bonds is 6. The lowest BCUT2D eigenvalue weighted by Gasteiger charge is -2.21. The van der Waals surface area contributed by atoms with Gasteiger partial charge in [0, 0.05) is 12.1 Å². The first-order valence-electron chi connectivity index (χ1n) is 6.12. The summed E-state index contributed by atoms with van der Waals surface area (Å²) in [7, 11) is 1.33. The Bertz CT molecular complexity index is 506. The quantitative estimate of drug-likeness (QED) is 0.358. The number of carbonyl (C=O) groups excluding carboxylic acids is 1. The van der Waals surface area contributed by atoms with Gasteiger partial charge in [0.1, 0.15) is 0 Å². The number of ether oxygens (including phenoxy) is 1. The van der Waals surface area contributed by atoms with E-state index in [9.17, 15) is 9.18 Å². The van der Waals surface area contributed by atoms with Gasteiger partial charge in [-0.15, -0.1) is 0 Å². The molecule has 0 radical (unpaired) electrons. The van der Waals surface area contributed by atoms with Gasteiger partial charge in [-0.1, -0.05) is 12.1 Å². The Morgan fingerprint density at radius 1 is 1.55 bits per heavy atom. The fourth-order valence-corrected chi connectivity index (χ4v) is 1.72. The average Bonchev–Trinajstić information content (AvgIpc) is 2.46. The van der Waals surface area contributed by atoms with Crippen molar-refractivity contribution in [1.82, 2.24) is 4.90 Å². The van der Waals surface area contributed by atoms with Crippen LogP contribution in [-0.4, -0.2) is 42.0 Å². The fraction of sp³-hybridized carbons (Fsp3) is 0.385. The predicted molar refractivity (Wildman–Crippen MR) is 72.6 cm³/mol. The molecule has 6 nitrogen and oxygen atoms in total. The summed E-state index contributed by atoms with van der Waals surface area (Å²) in [6.07, 6.45) is 0.711. The van der Waals surface area contributed by atoms with Crippen LogP contribution in [0.4, 0.5) is 4.39 Å². The Labute approximate surface area is 116 Å². The Kier molecular flexibility index (Phi) is 5.76. The lowest BCUT2D eigenvalue weighted by molar-refractivity contribution is 0.0777. The predicted octanol–water partition coefficient (Wildman–Crippen LogP) is 1.43. The highest BCUT2D eigenvalue weighted by Crippen LogP contribution is 2.19. The zero-order valence-corrected chi connectivity index (χ0v) is 11.5. The Hall–Kier alpha value is -2.31. The number of nitrogens with zero attached hydrogens (tertiary/aromatic N) is 2. The van der Waals surface area contributed by atoms with E-state index in [0.717, 1.165) is 0 Å². The molecule has 3 N–H and O–H groups in total. The van der Waals surface area contributed by atoms with Crippen molar-refractivity contribution >= 4 is 11.7 Å². The van der Waals surface area contributed by atoms with Crippen molar-refractivity contribution in [1.29, 1.82) is 0 Å². The first-order valence-corrected chi connectivity index (χ1v) is 6.12. The fourth-order valence-electron chi connectivity index (χ4n) is 1.72. The van der Waals surface area contributed by atoms with Crippen molar-refractivity contribution in [3.8, 4) is 5.75 Å². The van der Waals surface area contributed by atoms with Gasteiger partial charge in [0.25, 0.3) is 5.91 Å². The maximum atomic E-state index is 13.3. The molecule has 0 unspecified atom stereocenters. The minimum atomic E-state index is -0.539. The number of benzene rings is 1. The van der Waals surface area contributed by atoms with Crippen LogP contribution in [0.25, 0.3) is 0 Å². The molecule has 0 saturated heterocycles. The summed E-state index contributed by atoms with van der Waals surface area (Å²) in [5, 5.41) is 11.4. The molecule has 7 heteroatoms. The third-order valence-corrected chi connectivity index (χ3v) is 2.66. The lowest BCUT2D eigenvalue weighted by atomic mass is 10.1. The highest BCUT2D eigenvalue weighted by molar-refractivity contribution is 5.97. The Morgan fingerprint density at radius 3 is 2.80 bits per heavy atom. The molecule has 1 rings (SSSR count). The molecule has 1 aromatic carbocycles. The minimum Gasteiger partial charge on any atom is -0.494 e. The first-order chi connectivity index (χ1) is 9.53. The van der Waals surface area contributed by atoms with Crippen LogP contribution in [0.2, 0.25) is 0 Å². The third-order valence-electron chi connectivity index (χ3n) is 2.66. The van der Waals surface area contributed by atoms with Crippen molar-refractivity contribution in [2.45, 2.75) is 13.3 Å². The number of methoxy groups -OCH3 is 1. The van der Waals surface area contributed by atoms with E-state index in [4.69, 9.17) is 15.7 Å². The molecule has 1 aromatic rings. The Morgan fingerprint density at radius 2 is 2.25 bits per heavy atom. The molecular weight excluding hydrogens is 265 g/mol. The van der Waals surface area contributed by atoms with E-state index < -0.39 is 5.82 Å². The summed E-state index contributed by atoms with van der Waals surface area (Å²) in [5.74, 6) is -0.948. The molecule has 20 heavy (non-hydrogen) atoms. The van der Waals surface area contributed by atoms with Crippen molar-refractivity contribution in [2.24, 2.45) is 10.9 Å². The van der Waals surface area contributed by atoms with Gasteiger partial charge in [0.2, 0.25) is 0 Å². The van der Waals surface area contributed by atoms with Crippen LogP contribution >= 0.6 is 0 Å². The van der Waals surface area contributed by atoms with Crippen LogP contribution in [0.5, 0.6) is 5.75 Å². The summed E-state index contributed by atoms with van der Waals surface area (Å²) in [6, 6.07) is 3.86. The summed E-state index contributed by atoms with van der Waals surface area (Å²) >= 11 is 0. The molecule has 0 heterocycles. The van der Waals surface area contributed by atoms with Crippen LogP contribution < -0.4 is 10.5 Å². The van der Waals surface area contributed by atoms with Crippen molar-refractivity contribution in [3.63, 3.8) is 0 Å². The summed E-state index contributed by atoms with van der Waals surface area (Å²) < 4.78 is 18.2. The van der Waals surface area contributed by atoms with Crippen LogP contribution in [0.3, 0.4) is 0 Å². The third kappa shape index (κ3) is 3.84. The molecule has 0 bridgehead atoms. The van der Waals surface area contributed by atoms with Crippen molar-refractivity contribution < 1.29 is 19.1 Å². The van der Waals surface area contributed by atoms with Gasteiger partial charge in [0.05, 0.1) is 13.7 Å². The van der Waals surface area contributed by atoms with E-state index in [2.05, 4.69) is 5.16 Å². The highest BCUT2D eigenvalue weighted by Gasteiger charge is 2.18. The summed E-state index contributed by atoms with van der Waals surface area (Å²) in [4.78, 5) is 13.7. The number of hydrogen-bond donors (Lipinski definition) is 2. The van der Waals surface area contributed by atoms with E-state index in [1.807, 2.05) is 6.92 Å². The molecule has 1 amide bonds. The monoisotopic (exact) mass is 283 g/mol. The number of nitrogens with two attached hydrogens (primary N) is 1. The van der Waals surface area contributed by atoms with Gasteiger partial charge < -0.3 is 20.6 Å². The maximum Gasteiger partial charge on any atom is 0.254 e. The highest BCUT2D eigenvalue weighted by atomic mass is 19.1. The van der Waals surface area contributed by atoms with Crippen LogP contribution in [0.1, 0.15) is 23.7 Å². The molecule has 0 aliphatic heterocycles. The number of oxime groups is 1. The van der Waals surface area contributed by atoms with Crippen molar-refractivity contribution in [2.75, 3.05) is 20.2 Å². The van der Waals surface area contributed by atoms with Gasteiger partial charge in [0.15, 0.2) is 17.4 Å². The summed E-state index contributed by atoms with van der Waals surface area (Å²) in [6.45, 7) is 2.34. The number of halogens is 1. The van der Waals surface area contributed by atoms with Gasteiger partial charge in [-0.05, 0) is 24.6 Å². The van der Waals surface area contributed by atoms with Crippen LogP contribution in [0.15, 0.2) is 23.4 Å². The molecule has 0 aromatic heterocycles. The molecular formula is C13H18FN3O3. The van der Waals surface area contributed by atoms with Crippen LogP contribution in [0, 0.1) is 5.82 Å². The molecule has 0 spiro atoms. The lowest BCUT2D eigenvalue weighted by Crippen LogP contribution is -2.39. The molecule has 0 aliphatic rings. The van der Waals surface area contributed by atoms with E-state index in [-0.39, 0.29) is 29.6 Å². The van der Waals surface area contributed by atoms with E-state index in [1.165, 1.54) is 30.2 Å². The maximum absolute atomic E-state index is 13.3. The van der Waals surface area contributed by atoms with E-state index in [0.29, 0.717) is 13.0 Å². The van der Waals surface area contributed by atoms with Crippen molar-refractivity contribution in [3.05, 3.63) is 29.6 Å². The number of carbonyl (C=O) groups is 1. The Balaban J connectivity index is 2.99. The topological polar surface area (TPSA) is 88.1 Å². The van der Waals surface area contributed by atoms with Crippen LogP contribution in [-0.2, 0) is 0 Å². The second-order valence-electron chi connectivity index (χ2n) is 4.17. The second-order valence-corrected chi connectivity index (χ2v) is 4.17. The second kappa shape index (κ2) is 7.32. The van der Waals surface area contributed by atoms with Gasteiger partial charge >= 0.3 is 0 Å². The summed E-state index contributed by atoms with van der Waals surface area (Å²) in [5.41, 5.74) is 5.70. The SMILES string of the molecule is CCCN(C/C(N)=N/O)C(=O)c1ccc(F)c(OC)c1. The van der Waals surface area contributed by atoms with Gasteiger partial charge in [-0.2, -0.15) is 0 Å². The average molecular weight is 283 g/mol. The standard InChI is InChI=1S/C13H18FN3O3/c1-3-6-17(8-12(15)16-19)13(18)9-4-5-10(14)11(7-9)20-2/h4-5,7,19H,3,6,8H2,1-2H3,(H2,15,16). The van der Waals surface area contributed by atoms with E-state index >= 15 is 0 Å². The minimum absolute atomic E-state index is 0.00284. The zero-order valence-electron chi connectivity index (χ0n) is 11.5. The first kappa shape index (κ1) is 15.7. The molecule has 0 aliphatic carbocycles. The molecule has 0 atom stereocenters. The number of hydrogen-bond acceptors (Lipinski definition) is 4. The van der Waals surface area contributed by atoms with Gasteiger partial charge in [-0.3, -0.25) is 4.79 Å². The molecule has 0 fully saturated rings. The number of amidine groups is 1. The van der Waals surface area contributed by atoms with E-state index in [1.54, 1.807) is 0 Å². The molecule has 0 saturated carbocycles.